The summed E-state index contributed by atoms with van der Waals surface area (Å²) in [6.45, 7) is 3.44. The van der Waals surface area contributed by atoms with Crippen LogP contribution in [0.1, 0.15) is 28.2 Å². The van der Waals surface area contributed by atoms with E-state index in [0.717, 1.165) is 42.9 Å². The van der Waals surface area contributed by atoms with Gasteiger partial charge in [0.15, 0.2) is 5.82 Å². The molecule has 1 aliphatic rings. The number of carbonyl (C=O) groups excluding carboxylic acids is 1. The molecule has 1 unspecified atom stereocenters. The molecule has 4 heterocycles. The number of aromatic nitrogens is 5. The number of pyridine rings is 2. The summed E-state index contributed by atoms with van der Waals surface area (Å²) < 4.78 is 0. The monoisotopic (exact) mass is 348 g/mol. The van der Waals surface area contributed by atoms with E-state index in [1.54, 1.807) is 24.8 Å². The van der Waals surface area contributed by atoms with Crippen molar-refractivity contribution in [3.05, 3.63) is 59.9 Å². The first-order valence-corrected chi connectivity index (χ1v) is 8.71. The van der Waals surface area contributed by atoms with Gasteiger partial charge in [0.25, 0.3) is 5.91 Å². The fourth-order valence-corrected chi connectivity index (χ4v) is 3.32. The van der Waals surface area contributed by atoms with E-state index in [9.17, 15) is 4.79 Å². The minimum absolute atomic E-state index is 0.0531. The molecule has 3 aromatic rings. The molecule has 0 spiro atoms. The summed E-state index contributed by atoms with van der Waals surface area (Å²) in [5.74, 6) is 1.94. The second-order valence-electron chi connectivity index (χ2n) is 6.71. The van der Waals surface area contributed by atoms with E-state index in [1.807, 2.05) is 30.0 Å². The predicted molar refractivity (Wildman–Crippen MR) is 96.3 cm³/mol. The highest BCUT2D eigenvalue weighted by atomic mass is 16.2. The predicted octanol–water partition coefficient (Wildman–Crippen LogP) is 2.27. The zero-order valence-electron chi connectivity index (χ0n) is 14.6. The molecule has 1 amide bonds. The molecule has 1 aliphatic heterocycles. The lowest BCUT2D eigenvalue weighted by Gasteiger charge is -2.16. The molecule has 0 aliphatic carbocycles. The number of aromatic amines is 1. The first kappa shape index (κ1) is 16.4. The fraction of sp³-hybridized carbons (Fsp3) is 0.316. The number of amides is 1. The van der Waals surface area contributed by atoms with Crippen LogP contribution in [-0.2, 0) is 6.42 Å². The lowest BCUT2D eigenvalue weighted by molar-refractivity contribution is 0.0786. The van der Waals surface area contributed by atoms with Crippen molar-refractivity contribution in [3.8, 4) is 11.4 Å². The van der Waals surface area contributed by atoms with Crippen LogP contribution in [0.4, 0.5) is 0 Å². The number of nitrogens with zero attached hydrogens (tertiary/aromatic N) is 5. The molecule has 0 aromatic carbocycles. The smallest absolute Gasteiger partial charge is 0.255 e. The van der Waals surface area contributed by atoms with Gasteiger partial charge in [-0.15, -0.1) is 0 Å². The normalized spacial score (nSPS) is 16.8. The van der Waals surface area contributed by atoms with E-state index in [2.05, 4.69) is 25.1 Å². The van der Waals surface area contributed by atoms with Gasteiger partial charge in [-0.2, -0.15) is 5.10 Å². The first-order valence-electron chi connectivity index (χ1n) is 8.71. The van der Waals surface area contributed by atoms with Crippen molar-refractivity contribution in [2.75, 3.05) is 13.1 Å². The van der Waals surface area contributed by atoms with E-state index in [0.29, 0.717) is 17.3 Å². The zero-order valence-corrected chi connectivity index (χ0v) is 14.6. The Morgan fingerprint density at radius 2 is 2.23 bits per heavy atom. The van der Waals surface area contributed by atoms with Crippen molar-refractivity contribution in [3.63, 3.8) is 0 Å². The van der Waals surface area contributed by atoms with E-state index in [-0.39, 0.29) is 5.91 Å². The molecule has 1 saturated heterocycles. The third kappa shape index (κ3) is 3.46. The summed E-state index contributed by atoms with van der Waals surface area (Å²) in [6, 6.07) is 5.69. The van der Waals surface area contributed by atoms with Crippen molar-refractivity contribution in [1.82, 2.24) is 30.0 Å². The summed E-state index contributed by atoms with van der Waals surface area (Å²) in [4.78, 5) is 27.3. The van der Waals surface area contributed by atoms with E-state index >= 15 is 0 Å². The topological polar surface area (TPSA) is 87.7 Å². The average molecular weight is 348 g/mol. The molecule has 7 nitrogen and oxygen atoms in total. The fourth-order valence-electron chi connectivity index (χ4n) is 3.32. The largest absolute Gasteiger partial charge is 0.338 e. The lowest BCUT2D eigenvalue weighted by atomic mass is 10.0. The van der Waals surface area contributed by atoms with E-state index < -0.39 is 0 Å². The van der Waals surface area contributed by atoms with Crippen LogP contribution in [0.2, 0.25) is 0 Å². The third-order valence-electron chi connectivity index (χ3n) is 4.63. The molecule has 0 radical (unpaired) electrons. The summed E-state index contributed by atoms with van der Waals surface area (Å²) in [7, 11) is 0. The second-order valence-corrected chi connectivity index (χ2v) is 6.71. The Labute approximate surface area is 151 Å². The maximum atomic E-state index is 12.6. The van der Waals surface area contributed by atoms with Crippen molar-refractivity contribution >= 4 is 5.91 Å². The Morgan fingerprint density at radius 1 is 1.31 bits per heavy atom. The molecule has 26 heavy (non-hydrogen) atoms. The molecule has 1 N–H and O–H groups in total. The van der Waals surface area contributed by atoms with Crippen molar-refractivity contribution in [1.29, 1.82) is 0 Å². The molecule has 0 saturated carbocycles. The van der Waals surface area contributed by atoms with Crippen molar-refractivity contribution in [2.45, 2.75) is 19.8 Å². The molecule has 132 valence electrons. The molecule has 0 bridgehead atoms. The number of nitrogens with one attached hydrogen (secondary N) is 1. The maximum Gasteiger partial charge on any atom is 0.255 e. The Kier molecular flexibility index (Phi) is 4.43. The van der Waals surface area contributed by atoms with Crippen LogP contribution < -0.4 is 0 Å². The van der Waals surface area contributed by atoms with Crippen LogP contribution >= 0.6 is 0 Å². The quantitative estimate of drug-likeness (QED) is 0.781. The highest BCUT2D eigenvalue weighted by molar-refractivity contribution is 5.94. The van der Waals surface area contributed by atoms with Gasteiger partial charge in [-0.05, 0) is 43.0 Å². The first-order chi connectivity index (χ1) is 12.7. The van der Waals surface area contributed by atoms with Gasteiger partial charge in [-0.25, -0.2) is 4.98 Å². The number of hydrogen-bond donors (Lipinski definition) is 1. The number of aryl methyl sites for hydroxylation is 1. The number of rotatable bonds is 4. The third-order valence-corrected chi connectivity index (χ3v) is 4.63. The number of H-pyrrole nitrogens is 1. The molecule has 1 atom stereocenters. The molecule has 7 heteroatoms. The van der Waals surface area contributed by atoms with Gasteiger partial charge >= 0.3 is 0 Å². The Morgan fingerprint density at radius 3 is 3.04 bits per heavy atom. The van der Waals surface area contributed by atoms with Crippen LogP contribution in [0.25, 0.3) is 11.4 Å². The SMILES string of the molecule is Cc1cncc(C(=O)N2CCC(Cc3nc(-c4cccnc4)n[nH]3)C2)c1. The van der Waals surface area contributed by atoms with Gasteiger partial charge < -0.3 is 4.90 Å². The Balaban J connectivity index is 1.39. The minimum atomic E-state index is 0.0531. The molecular formula is C19H20N6O. The van der Waals surface area contributed by atoms with Crippen molar-refractivity contribution < 1.29 is 4.79 Å². The molecule has 4 rings (SSSR count). The molecule has 3 aromatic heterocycles. The Hall–Kier alpha value is -3.09. The minimum Gasteiger partial charge on any atom is -0.338 e. The van der Waals surface area contributed by atoms with Crippen LogP contribution in [0.15, 0.2) is 43.0 Å². The summed E-state index contributed by atoms with van der Waals surface area (Å²) in [5, 5.41) is 7.29. The van der Waals surface area contributed by atoms with Crippen LogP contribution in [0.5, 0.6) is 0 Å². The standard InChI is InChI=1S/C19H20N6O/c1-13-7-16(11-21-9-13)19(26)25-6-4-14(12-25)8-17-22-18(24-23-17)15-3-2-5-20-10-15/h2-3,5,7,9-11,14H,4,6,8,12H2,1H3,(H,22,23,24). The lowest BCUT2D eigenvalue weighted by Crippen LogP contribution is -2.29. The van der Waals surface area contributed by atoms with E-state index in [4.69, 9.17) is 0 Å². The van der Waals surface area contributed by atoms with Gasteiger partial charge in [-0.1, -0.05) is 0 Å². The number of likely N-dealkylation sites (tertiary alicyclic amines) is 1. The van der Waals surface area contributed by atoms with Gasteiger partial charge in [0, 0.05) is 49.9 Å². The maximum absolute atomic E-state index is 12.6. The number of carbonyl (C=O) groups is 1. The highest BCUT2D eigenvalue weighted by Crippen LogP contribution is 2.22. The van der Waals surface area contributed by atoms with Gasteiger partial charge in [0.1, 0.15) is 5.82 Å². The summed E-state index contributed by atoms with van der Waals surface area (Å²) in [6.07, 6.45) is 8.62. The second kappa shape index (κ2) is 7.03. The number of hydrogen-bond acceptors (Lipinski definition) is 5. The van der Waals surface area contributed by atoms with Gasteiger partial charge in [0.05, 0.1) is 5.56 Å². The van der Waals surface area contributed by atoms with Gasteiger partial charge in [-0.3, -0.25) is 19.9 Å². The van der Waals surface area contributed by atoms with Crippen molar-refractivity contribution in [2.24, 2.45) is 5.92 Å². The molecular weight excluding hydrogens is 328 g/mol. The van der Waals surface area contributed by atoms with Crippen LogP contribution in [-0.4, -0.2) is 49.0 Å². The zero-order chi connectivity index (χ0) is 17.9. The summed E-state index contributed by atoms with van der Waals surface area (Å²) >= 11 is 0. The van der Waals surface area contributed by atoms with Gasteiger partial charge in [0.2, 0.25) is 0 Å². The summed E-state index contributed by atoms with van der Waals surface area (Å²) in [5.41, 5.74) is 2.55. The van der Waals surface area contributed by atoms with Crippen LogP contribution in [0, 0.1) is 12.8 Å². The average Bonchev–Trinajstić information content (AvgIpc) is 3.32. The highest BCUT2D eigenvalue weighted by Gasteiger charge is 2.28. The van der Waals surface area contributed by atoms with Crippen LogP contribution in [0.3, 0.4) is 0 Å². The Bertz CT molecular complexity index is 907. The van der Waals surface area contributed by atoms with E-state index in [1.165, 1.54) is 0 Å². The molecule has 1 fully saturated rings.